The largest absolute Gasteiger partial charge is 0.456 e. The maximum Gasteiger partial charge on any atom is 0.295 e. The van der Waals surface area contributed by atoms with Crippen LogP contribution >= 0.6 is 0 Å². The molecular formula is C27H33N4O4S+. The molecule has 1 aliphatic heterocycles. The zero-order valence-corrected chi connectivity index (χ0v) is 21.5. The third-order valence-corrected chi connectivity index (χ3v) is 7.20. The molecule has 0 spiro atoms. The van der Waals surface area contributed by atoms with Gasteiger partial charge in [0.25, 0.3) is 10.1 Å². The molecule has 190 valence electrons. The van der Waals surface area contributed by atoms with Crippen LogP contribution in [0.15, 0.2) is 70.0 Å². The van der Waals surface area contributed by atoms with Gasteiger partial charge in [-0.1, -0.05) is 44.9 Å². The lowest BCUT2D eigenvalue weighted by Crippen LogP contribution is -2.36. The molecular weight excluding hydrogens is 476 g/mol. The third kappa shape index (κ3) is 5.23. The van der Waals surface area contributed by atoms with Crippen LogP contribution in [-0.4, -0.2) is 26.1 Å². The van der Waals surface area contributed by atoms with Gasteiger partial charge in [-0.05, 0) is 30.7 Å². The van der Waals surface area contributed by atoms with E-state index in [0.29, 0.717) is 46.5 Å². The average Bonchev–Trinajstić information content (AvgIpc) is 2.87. The van der Waals surface area contributed by atoms with Gasteiger partial charge in [0.05, 0.1) is 11.8 Å². The van der Waals surface area contributed by atoms with E-state index in [1.165, 1.54) is 6.07 Å². The summed E-state index contributed by atoms with van der Waals surface area (Å²) in [6.07, 6.45) is 3.93. The second kappa shape index (κ2) is 10.7. The molecule has 1 aliphatic carbocycles. The van der Waals surface area contributed by atoms with Crippen molar-refractivity contribution in [2.24, 2.45) is 11.7 Å². The highest BCUT2D eigenvalue weighted by Crippen LogP contribution is 2.42. The number of hydrogen-bond acceptors (Lipinski definition) is 6. The average molecular weight is 510 g/mol. The lowest BCUT2D eigenvalue weighted by molar-refractivity contribution is 0.483. The Kier molecular flexibility index (Phi) is 7.63. The minimum Gasteiger partial charge on any atom is -0.456 e. The SMILES string of the molecule is CCCCN(N)c1ccc2c(-c3ccccc3S(=O)(=O)O)c3ccc(=[N+](N)CCCC)cc-3oc2c1. The Hall–Kier alpha value is -3.40. The normalized spacial score (nSPS) is 12.8. The van der Waals surface area contributed by atoms with Gasteiger partial charge in [-0.3, -0.25) is 4.55 Å². The fourth-order valence-electron chi connectivity index (χ4n) is 4.33. The monoisotopic (exact) mass is 509 g/mol. The smallest absolute Gasteiger partial charge is 0.295 e. The van der Waals surface area contributed by atoms with Crippen molar-refractivity contribution in [3.8, 4) is 22.5 Å². The van der Waals surface area contributed by atoms with E-state index in [1.54, 1.807) is 27.9 Å². The van der Waals surface area contributed by atoms with E-state index in [4.69, 9.17) is 16.1 Å². The van der Waals surface area contributed by atoms with Crippen LogP contribution in [-0.2, 0) is 10.1 Å². The quantitative estimate of drug-likeness (QED) is 0.100. The van der Waals surface area contributed by atoms with Crippen LogP contribution < -0.4 is 26.7 Å². The van der Waals surface area contributed by atoms with E-state index < -0.39 is 10.1 Å². The molecule has 0 aromatic heterocycles. The number of nitrogens with two attached hydrogens (primary N) is 2. The first-order valence-corrected chi connectivity index (χ1v) is 13.6. The summed E-state index contributed by atoms with van der Waals surface area (Å²) < 4.78 is 42.5. The molecule has 2 aromatic carbocycles. The third-order valence-electron chi connectivity index (χ3n) is 6.29. The van der Waals surface area contributed by atoms with Crippen LogP contribution in [0.5, 0.6) is 0 Å². The number of anilines is 1. The van der Waals surface area contributed by atoms with Gasteiger partial charge in [0.15, 0.2) is 6.54 Å². The van der Waals surface area contributed by atoms with Crippen molar-refractivity contribution in [3.05, 3.63) is 66.0 Å². The van der Waals surface area contributed by atoms with Gasteiger partial charge in [-0.15, -0.1) is 4.68 Å². The molecule has 0 amide bonds. The van der Waals surface area contributed by atoms with Crippen LogP contribution in [0.1, 0.15) is 39.5 Å². The van der Waals surface area contributed by atoms with Gasteiger partial charge in [0.2, 0.25) is 5.36 Å². The standard InChI is InChI=1S/C27H32N4O4S/c1-3-5-15-30(28)19-11-13-21-24(17-19)35-25-18-20(31(29)16-6-4-2)12-14-22(25)27(21)23-9-7-8-10-26(23)36(32,33)34/h7-14,17-18H,3-6,15-16,28-29H2,1-2H3/p+1. The summed E-state index contributed by atoms with van der Waals surface area (Å²) in [5, 5.41) is 3.17. The maximum atomic E-state index is 12.3. The fraction of sp³-hybridized carbons (Fsp3) is 0.296. The van der Waals surface area contributed by atoms with E-state index in [9.17, 15) is 13.0 Å². The van der Waals surface area contributed by atoms with E-state index in [-0.39, 0.29) is 4.90 Å². The highest BCUT2D eigenvalue weighted by molar-refractivity contribution is 7.86. The van der Waals surface area contributed by atoms with Crippen LogP contribution in [0.3, 0.4) is 0 Å². The molecule has 8 nitrogen and oxygen atoms in total. The zero-order valence-electron chi connectivity index (χ0n) is 20.6. The summed E-state index contributed by atoms with van der Waals surface area (Å²) in [5.74, 6) is 13.1. The van der Waals surface area contributed by atoms with Crippen molar-refractivity contribution in [1.82, 2.24) is 4.68 Å². The molecule has 4 rings (SSSR count). The van der Waals surface area contributed by atoms with Crippen molar-refractivity contribution >= 4 is 26.8 Å². The van der Waals surface area contributed by atoms with Gasteiger partial charge in [-0.2, -0.15) is 8.42 Å². The summed E-state index contributed by atoms with van der Waals surface area (Å²) in [6, 6.07) is 17.6. The molecule has 1 heterocycles. The number of hydrogen-bond donors (Lipinski definition) is 3. The summed E-state index contributed by atoms with van der Waals surface area (Å²) >= 11 is 0. The first-order chi connectivity index (χ1) is 17.2. The highest BCUT2D eigenvalue weighted by atomic mass is 32.2. The van der Waals surface area contributed by atoms with E-state index in [1.807, 2.05) is 36.4 Å². The molecule has 0 saturated carbocycles. The molecule has 5 N–H and O–H groups in total. The minimum atomic E-state index is -4.47. The number of nitrogens with zero attached hydrogens (tertiary/aromatic N) is 2. The summed E-state index contributed by atoms with van der Waals surface area (Å²) in [6.45, 7) is 5.59. The molecule has 9 heteroatoms. The van der Waals surface area contributed by atoms with Gasteiger partial charge in [0.1, 0.15) is 16.2 Å². The molecule has 0 fully saturated rings. The van der Waals surface area contributed by atoms with E-state index >= 15 is 0 Å². The number of fused-ring (bicyclic) bond motifs is 2. The van der Waals surface area contributed by atoms with Gasteiger partial charge in [-0.25, -0.2) is 11.7 Å². The lowest BCUT2D eigenvalue weighted by atomic mass is 9.93. The van der Waals surface area contributed by atoms with Gasteiger partial charge < -0.3 is 9.43 Å². The van der Waals surface area contributed by atoms with Crippen molar-refractivity contribution in [2.45, 2.75) is 44.4 Å². The Bertz CT molecular complexity index is 1530. The van der Waals surface area contributed by atoms with Crippen LogP contribution in [0.25, 0.3) is 33.4 Å². The zero-order chi connectivity index (χ0) is 25.9. The van der Waals surface area contributed by atoms with Gasteiger partial charge >= 0.3 is 0 Å². The molecule has 0 unspecified atom stereocenters. The van der Waals surface area contributed by atoms with Crippen molar-refractivity contribution in [3.63, 3.8) is 0 Å². The first kappa shape index (κ1) is 25.7. The van der Waals surface area contributed by atoms with E-state index in [2.05, 4.69) is 13.8 Å². The fourth-order valence-corrected chi connectivity index (χ4v) is 5.03. The summed E-state index contributed by atoms with van der Waals surface area (Å²) in [4.78, 5) is -0.168. The maximum absolute atomic E-state index is 12.3. The Morgan fingerprint density at radius 2 is 1.72 bits per heavy atom. The predicted molar refractivity (Wildman–Crippen MR) is 144 cm³/mol. The van der Waals surface area contributed by atoms with Crippen molar-refractivity contribution in [2.75, 3.05) is 18.1 Å². The molecule has 2 aliphatic rings. The number of benzene rings is 3. The van der Waals surface area contributed by atoms with E-state index in [0.717, 1.165) is 36.7 Å². The Balaban J connectivity index is 2.05. The molecule has 0 atom stereocenters. The van der Waals surface area contributed by atoms with Gasteiger partial charge in [0, 0.05) is 47.2 Å². The summed E-state index contributed by atoms with van der Waals surface area (Å²) in [7, 11) is -4.47. The van der Waals surface area contributed by atoms with Crippen LogP contribution in [0.4, 0.5) is 5.69 Å². The number of unbranched alkanes of at least 4 members (excludes halogenated alkanes) is 2. The Labute approximate surface area is 211 Å². The molecule has 36 heavy (non-hydrogen) atoms. The second-order valence-corrected chi connectivity index (χ2v) is 10.3. The minimum absolute atomic E-state index is 0.168. The van der Waals surface area contributed by atoms with Crippen LogP contribution in [0, 0.1) is 0 Å². The second-order valence-electron chi connectivity index (χ2n) is 8.90. The van der Waals surface area contributed by atoms with Crippen molar-refractivity contribution in [1.29, 1.82) is 0 Å². The molecule has 2 aromatic rings. The highest BCUT2D eigenvalue weighted by Gasteiger charge is 2.24. The molecule has 0 saturated heterocycles. The Morgan fingerprint density at radius 1 is 0.972 bits per heavy atom. The number of hydrazine groups is 2. The molecule has 0 bridgehead atoms. The number of rotatable bonds is 9. The first-order valence-electron chi connectivity index (χ1n) is 12.2. The van der Waals surface area contributed by atoms with Crippen molar-refractivity contribution < 1.29 is 17.4 Å². The summed E-state index contributed by atoms with van der Waals surface area (Å²) in [5.41, 5.74) is 3.06. The molecule has 0 radical (unpaired) electrons. The lowest BCUT2D eigenvalue weighted by Gasteiger charge is -2.21. The Morgan fingerprint density at radius 3 is 2.44 bits per heavy atom. The van der Waals surface area contributed by atoms with Crippen LogP contribution in [0.2, 0.25) is 0 Å². The predicted octanol–water partition coefficient (Wildman–Crippen LogP) is 4.38. The topological polar surface area (TPSA) is 126 Å².